The van der Waals surface area contributed by atoms with Crippen LogP contribution in [0, 0.1) is 6.92 Å². The predicted molar refractivity (Wildman–Crippen MR) is 128 cm³/mol. The number of para-hydroxylation sites is 1. The van der Waals surface area contributed by atoms with Crippen molar-refractivity contribution in [1.82, 2.24) is 20.9 Å². The number of amides is 2. The van der Waals surface area contributed by atoms with Crippen LogP contribution in [0.25, 0.3) is 11.0 Å². The summed E-state index contributed by atoms with van der Waals surface area (Å²) >= 11 is 0. The lowest BCUT2D eigenvalue weighted by atomic mass is 10.1. The minimum atomic E-state index is -0.129. The number of carbonyl (C=O) groups is 2. The van der Waals surface area contributed by atoms with Crippen molar-refractivity contribution in [3.05, 3.63) is 71.0 Å². The molecule has 2 heterocycles. The van der Waals surface area contributed by atoms with Gasteiger partial charge < -0.3 is 25.3 Å². The summed E-state index contributed by atoms with van der Waals surface area (Å²) in [5.41, 5.74) is 3.57. The maximum Gasteiger partial charge on any atom is 0.254 e. The van der Waals surface area contributed by atoms with E-state index in [4.69, 9.17) is 4.42 Å². The fourth-order valence-electron chi connectivity index (χ4n) is 3.82. The summed E-state index contributed by atoms with van der Waals surface area (Å²) in [5, 5.41) is 10.4. The number of carbonyl (C=O) groups excluding carboxylic acids is 2. The van der Waals surface area contributed by atoms with Crippen LogP contribution in [-0.4, -0.2) is 48.9 Å². The van der Waals surface area contributed by atoms with E-state index in [1.165, 1.54) is 0 Å². The first-order chi connectivity index (χ1) is 16.0. The van der Waals surface area contributed by atoms with E-state index in [1.807, 2.05) is 37.3 Å². The van der Waals surface area contributed by atoms with Gasteiger partial charge in [0.15, 0.2) is 5.96 Å². The van der Waals surface area contributed by atoms with Crippen LogP contribution in [-0.2, 0) is 17.9 Å². The van der Waals surface area contributed by atoms with Crippen molar-refractivity contribution in [3.63, 3.8) is 0 Å². The highest BCUT2D eigenvalue weighted by atomic mass is 16.3. The summed E-state index contributed by atoms with van der Waals surface area (Å²) in [6.07, 6.45) is 0. The number of fused-ring (bicyclic) bond motifs is 1. The molecular weight excluding hydrogens is 418 g/mol. The van der Waals surface area contributed by atoms with Crippen LogP contribution >= 0.6 is 0 Å². The van der Waals surface area contributed by atoms with Gasteiger partial charge in [-0.15, -0.1) is 0 Å². The molecule has 0 aliphatic carbocycles. The summed E-state index contributed by atoms with van der Waals surface area (Å²) in [5.74, 6) is 1.32. The van der Waals surface area contributed by atoms with E-state index < -0.39 is 0 Å². The van der Waals surface area contributed by atoms with Crippen molar-refractivity contribution in [2.45, 2.75) is 26.9 Å². The molecule has 0 atom stereocenters. The molecule has 1 aromatic heterocycles. The number of aryl methyl sites for hydroxylation is 1. The fourth-order valence-corrected chi connectivity index (χ4v) is 3.82. The first-order valence-corrected chi connectivity index (χ1v) is 11.2. The van der Waals surface area contributed by atoms with Crippen molar-refractivity contribution in [1.29, 1.82) is 0 Å². The van der Waals surface area contributed by atoms with Crippen LogP contribution in [0.5, 0.6) is 0 Å². The quantitative estimate of drug-likeness (QED) is 0.399. The minimum Gasteiger partial charge on any atom is -0.459 e. The lowest BCUT2D eigenvalue weighted by Gasteiger charge is -2.26. The van der Waals surface area contributed by atoms with Crippen LogP contribution in [0.3, 0.4) is 0 Å². The number of rotatable bonds is 6. The van der Waals surface area contributed by atoms with Gasteiger partial charge in [0.2, 0.25) is 5.91 Å². The summed E-state index contributed by atoms with van der Waals surface area (Å²) in [6, 6.07) is 15.4. The third kappa shape index (κ3) is 5.34. The van der Waals surface area contributed by atoms with E-state index in [9.17, 15) is 9.59 Å². The van der Waals surface area contributed by atoms with Crippen LogP contribution in [0.4, 0.5) is 0 Å². The number of hydrogen-bond donors (Lipinski definition) is 3. The molecule has 1 saturated heterocycles. The van der Waals surface area contributed by atoms with Gasteiger partial charge in [0, 0.05) is 36.1 Å². The lowest BCUT2D eigenvalue weighted by Crippen LogP contribution is -2.49. The van der Waals surface area contributed by atoms with Crippen molar-refractivity contribution in [3.8, 4) is 0 Å². The number of aliphatic imine (C=N–C) groups is 1. The van der Waals surface area contributed by atoms with E-state index in [1.54, 1.807) is 17.0 Å². The smallest absolute Gasteiger partial charge is 0.254 e. The van der Waals surface area contributed by atoms with Gasteiger partial charge in [-0.2, -0.15) is 0 Å². The molecule has 33 heavy (non-hydrogen) atoms. The SMILES string of the molecule is CCNC(=NCc1ccc(C(=O)N2CCNC(=O)C2)cc1)NCc1oc2ccccc2c1C. The molecule has 3 aromatic rings. The molecule has 8 nitrogen and oxygen atoms in total. The molecule has 0 spiro atoms. The van der Waals surface area contributed by atoms with E-state index in [0.29, 0.717) is 37.7 Å². The van der Waals surface area contributed by atoms with Crippen molar-refractivity contribution in [2.24, 2.45) is 4.99 Å². The maximum atomic E-state index is 12.6. The monoisotopic (exact) mass is 447 g/mol. The molecule has 4 rings (SSSR count). The van der Waals surface area contributed by atoms with Gasteiger partial charge >= 0.3 is 0 Å². The Morgan fingerprint density at radius 3 is 2.67 bits per heavy atom. The topological polar surface area (TPSA) is 99.0 Å². The number of nitrogens with zero attached hydrogens (tertiary/aromatic N) is 2. The number of piperazine rings is 1. The number of nitrogens with one attached hydrogen (secondary N) is 3. The third-order valence-electron chi connectivity index (χ3n) is 5.65. The summed E-state index contributed by atoms with van der Waals surface area (Å²) in [6.45, 7) is 6.94. The van der Waals surface area contributed by atoms with Gasteiger partial charge in [0.25, 0.3) is 5.91 Å². The van der Waals surface area contributed by atoms with Gasteiger partial charge in [-0.05, 0) is 37.6 Å². The molecular formula is C25H29N5O3. The highest BCUT2D eigenvalue weighted by Crippen LogP contribution is 2.24. The average Bonchev–Trinajstić information content (AvgIpc) is 3.16. The summed E-state index contributed by atoms with van der Waals surface area (Å²) in [7, 11) is 0. The average molecular weight is 448 g/mol. The molecule has 2 amide bonds. The largest absolute Gasteiger partial charge is 0.459 e. The lowest BCUT2D eigenvalue weighted by molar-refractivity contribution is -0.123. The van der Waals surface area contributed by atoms with Gasteiger partial charge in [0.1, 0.15) is 11.3 Å². The molecule has 1 aliphatic rings. The Kier molecular flexibility index (Phi) is 6.92. The molecule has 0 bridgehead atoms. The molecule has 1 aliphatic heterocycles. The maximum absolute atomic E-state index is 12.6. The zero-order valence-electron chi connectivity index (χ0n) is 19.0. The van der Waals surface area contributed by atoms with Crippen LogP contribution in [0.1, 0.15) is 34.2 Å². The molecule has 8 heteroatoms. The Morgan fingerprint density at radius 1 is 1.15 bits per heavy atom. The second kappa shape index (κ2) is 10.2. The number of hydrogen-bond acceptors (Lipinski definition) is 4. The van der Waals surface area contributed by atoms with Gasteiger partial charge in [0.05, 0.1) is 19.6 Å². The molecule has 0 radical (unpaired) electrons. The van der Waals surface area contributed by atoms with Gasteiger partial charge in [-0.1, -0.05) is 30.3 Å². The minimum absolute atomic E-state index is 0.104. The first-order valence-electron chi connectivity index (χ1n) is 11.2. The summed E-state index contributed by atoms with van der Waals surface area (Å²) in [4.78, 5) is 30.4. The molecule has 3 N–H and O–H groups in total. The molecule has 0 unspecified atom stereocenters. The number of furan rings is 1. The normalized spacial score (nSPS) is 14.3. The van der Waals surface area contributed by atoms with Crippen LogP contribution < -0.4 is 16.0 Å². The highest BCUT2D eigenvalue weighted by molar-refractivity contribution is 5.97. The van der Waals surface area contributed by atoms with E-state index >= 15 is 0 Å². The van der Waals surface area contributed by atoms with Gasteiger partial charge in [-0.3, -0.25) is 9.59 Å². The molecule has 0 saturated carbocycles. The second-order valence-corrected chi connectivity index (χ2v) is 7.97. The van der Waals surface area contributed by atoms with Crippen molar-refractivity contribution in [2.75, 3.05) is 26.2 Å². The van der Waals surface area contributed by atoms with E-state index in [0.717, 1.165) is 34.4 Å². The predicted octanol–water partition coefficient (Wildman–Crippen LogP) is 2.57. The zero-order chi connectivity index (χ0) is 23.2. The molecule has 2 aromatic carbocycles. The third-order valence-corrected chi connectivity index (χ3v) is 5.65. The first kappa shape index (κ1) is 22.4. The molecule has 1 fully saturated rings. The Morgan fingerprint density at radius 2 is 1.94 bits per heavy atom. The van der Waals surface area contributed by atoms with Crippen molar-refractivity contribution >= 4 is 28.7 Å². The Labute approximate surface area is 193 Å². The number of benzene rings is 2. The Balaban J connectivity index is 1.38. The molecule has 172 valence electrons. The van der Waals surface area contributed by atoms with Crippen LogP contribution in [0.2, 0.25) is 0 Å². The van der Waals surface area contributed by atoms with Gasteiger partial charge in [-0.25, -0.2) is 4.99 Å². The van der Waals surface area contributed by atoms with E-state index in [2.05, 4.69) is 33.9 Å². The Bertz CT molecular complexity index is 1170. The Hall–Kier alpha value is -3.81. The summed E-state index contributed by atoms with van der Waals surface area (Å²) < 4.78 is 5.98. The zero-order valence-corrected chi connectivity index (χ0v) is 19.0. The van der Waals surface area contributed by atoms with E-state index in [-0.39, 0.29) is 18.4 Å². The fraction of sp³-hybridized carbons (Fsp3) is 0.320. The van der Waals surface area contributed by atoms with Crippen molar-refractivity contribution < 1.29 is 14.0 Å². The second-order valence-electron chi connectivity index (χ2n) is 7.97. The number of guanidine groups is 1. The standard InChI is InChI=1S/C25H29N5O3/c1-3-26-25(29-15-22-17(2)20-6-4-5-7-21(20)33-22)28-14-18-8-10-19(11-9-18)24(32)30-13-12-27-23(31)16-30/h4-11H,3,12-16H2,1-2H3,(H,27,31)(H2,26,28,29). The van der Waals surface area contributed by atoms with Crippen LogP contribution in [0.15, 0.2) is 57.9 Å². The highest BCUT2D eigenvalue weighted by Gasteiger charge is 2.22.